The molecule has 4 heteroatoms. The van der Waals surface area contributed by atoms with Crippen LogP contribution in [0.2, 0.25) is 0 Å². The molecule has 0 aromatic heterocycles. The van der Waals surface area contributed by atoms with Crippen molar-refractivity contribution >= 4 is 11.6 Å². The molecule has 1 rings (SSSR count). The monoisotopic (exact) mass is 195 g/mol. The molecule has 0 unspecified atom stereocenters. The van der Waals surface area contributed by atoms with Crippen molar-refractivity contribution in [2.75, 3.05) is 12.4 Å². The fourth-order valence-corrected chi connectivity index (χ4v) is 0.921. The first-order chi connectivity index (χ1) is 6.63. The van der Waals surface area contributed by atoms with Crippen LogP contribution in [0.5, 0.6) is 5.75 Å². The molecule has 4 nitrogen and oxygen atoms in total. The van der Waals surface area contributed by atoms with Crippen molar-refractivity contribution < 1.29 is 14.6 Å². The summed E-state index contributed by atoms with van der Waals surface area (Å²) in [5.41, 5.74) is 0.636. The van der Waals surface area contributed by atoms with Crippen molar-refractivity contribution in [1.29, 1.82) is 0 Å². The summed E-state index contributed by atoms with van der Waals surface area (Å²) in [5, 5.41) is 11.5. The van der Waals surface area contributed by atoms with Crippen LogP contribution in [0.4, 0.5) is 5.69 Å². The lowest BCUT2D eigenvalue weighted by atomic mass is 10.3. The topological polar surface area (TPSA) is 58.6 Å². The second-order valence-corrected chi connectivity index (χ2v) is 2.89. The lowest BCUT2D eigenvalue weighted by Gasteiger charge is -2.07. The molecule has 0 aliphatic heterocycles. The van der Waals surface area contributed by atoms with E-state index in [1.165, 1.54) is 6.92 Å². The number of benzene rings is 1. The number of anilines is 1. The number of amides is 1. The van der Waals surface area contributed by atoms with Crippen LogP contribution < -0.4 is 10.1 Å². The van der Waals surface area contributed by atoms with Crippen molar-refractivity contribution in [3.8, 4) is 5.75 Å². The van der Waals surface area contributed by atoms with Crippen molar-refractivity contribution in [2.45, 2.75) is 13.0 Å². The molecule has 0 aliphatic rings. The van der Waals surface area contributed by atoms with Gasteiger partial charge in [0.05, 0.1) is 7.11 Å². The Morgan fingerprint density at radius 3 is 2.43 bits per heavy atom. The molecule has 0 aliphatic carbocycles. The molecular formula is C10H13NO3. The number of methoxy groups -OCH3 is 1. The number of aliphatic hydroxyl groups is 1. The summed E-state index contributed by atoms with van der Waals surface area (Å²) in [7, 11) is 1.57. The average Bonchev–Trinajstić information content (AvgIpc) is 2.19. The highest BCUT2D eigenvalue weighted by Gasteiger charge is 2.07. The Bertz CT molecular complexity index is 306. The Balaban J connectivity index is 2.64. The molecular weight excluding hydrogens is 182 g/mol. The molecule has 0 heterocycles. The van der Waals surface area contributed by atoms with Gasteiger partial charge in [0.15, 0.2) is 0 Å². The molecule has 0 saturated heterocycles. The van der Waals surface area contributed by atoms with E-state index < -0.39 is 12.0 Å². The number of nitrogens with one attached hydrogen (secondary N) is 1. The molecule has 1 atom stereocenters. The first-order valence-corrected chi connectivity index (χ1v) is 4.26. The van der Waals surface area contributed by atoms with E-state index in [1.54, 1.807) is 31.4 Å². The summed E-state index contributed by atoms with van der Waals surface area (Å²) >= 11 is 0. The van der Waals surface area contributed by atoms with Gasteiger partial charge in [0.2, 0.25) is 0 Å². The van der Waals surface area contributed by atoms with Gasteiger partial charge in [-0.2, -0.15) is 0 Å². The van der Waals surface area contributed by atoms with Crippen molar-refractivity contribution in [3.63, 3.8) is 0 Å². The van der Waals surface area contributed by atoms with Gasteiger partial charge < -0.3 is 15.2 Å². The summed E-state index contributed by atoms with van der Waals surface area (Å²) in [6.07, 6.45) is -1.00. The number of hydrogen-bond donors (Lipinski definition) is 2. The molecule has 0 saturated carbocycles. The molecule has 0 spiro atoms. The maximum absolute atomic E-state index is 11.1. The second kappa shape index (κ2) is 4.62. The standard InChI is InChI=1S/C10H13NO3/c1-7(12)10(13)11-8-3-5-9(14-2)6-4-8/h3-7,12H,1-2H3,(H,11,13)/t7-/m1/s1. The van der Waals surface area contributed by atoms with E-state index in [0.29, 0.717) is 5.69 Å². The van der Waals surface area contributed by atoms with Crippen LogP contribution in [0.1, 0.15) is 6.92 Å². The van der Waals surface area contributed by atoms with Gasteiger partial charge in [-0.25, -0.2) is 0 Å². The molecule has 0 fully saturated rings. The molecule has 0 radical (unpaired) electrons. The normalized spacial score (nSPS) is 11.9. The van der Waals surface area contributed by atoms with Crippen LogP contribution in [-0.4, -0.2) is 24.2 Å². The van der Waals surface area contributed by atoms with E-state index >= 15 is 0 Å². The predicted octanol–water partition coefficient (Wildman–Crippen LogP) is 1.01. The van der Waals surface area contributed by atoms with Gasteiger partial charge in [0, 0.05) is 5.69 Å². The van der Waals surface area contributed by atoms with Gasteiger partial charge in [-0.05, 0) is 31.2 Å². The highest BCUT2D eigenvalue weighted by molar-refractivity contribution is 5.93. The van der Waals surface area contributed by atoms with E-state index in [9.17, 15) is 4.79 Å². The number of rotatable bonds is 3. The fourth-order valence-electron chi connectivity index (χ4n) is 0.921. The number of carbonyl (C=O) groups excluding carboxylic acids is 1. The highest BCUT2D eigenvalue weighted by Crippen LogP contribution is 2.14. The largest absolute Gasteiger partial charge is 0.497 e. The Hall–Kier alpha value is -1.55. The lowest BCUT2D eigenvalue weighted by molar-refractivity contribution is -0.123. The van der Waals surface area contributed by atoms with Crippen molar-refractivity contribution in [3.05, 3.63) is 24.3 Å². The quantitative estimate of drug-likeness (QED) is 0.756. The van der Waals surface area contributed by atoms with Gasteiger partial charge in [0.1, 0.15) is 11.9 Å². The summed E-state index contributed by atoms with van der Waals surface area (Å²) in [5.74, 6) is 0.301. The first-order valence-electron chi connectivity index (χ1n) is 4.26. The Kier molecular flexibility index (Phi) is 3.48. The molecule has 2 N–H and O–H groups in total. The average molecular weight is 195 g/mol. The minimum Gasteiger partial charge on any atom is -0.497 e. The second-order valence-electron chi connectivity index (χ2n) is 2.89. The van der Waals surface area contributed by atoms with Gasteiger partial charge in [-0.3, -0.25) is 4.79 Å². The Morgan fingerprint density at radius 1 is 1.43 bits per heavy atom. The Morgan fingerprint density at radius 2 is 2.00 bits per heavy atom. The molecule has 1 amide bonds. The van der Waals surface area contributed by atoms with E-state index in [1.807, 2.05) is 0 Å². The van der Waals surface area contributed by atoms with Crippen LogP contribution in [0.25, 0.3) is 0 Å². The zero-order valence-electron chi connectivity index (χ0n) is 8.15. The van der Waals surface area contributed by atoms with Crippen molar-refractivity contribution in [1.82, 2.24) is 0 Å². The molecule has 1 aromatic rings. The van der Waals surface area contributed by atoms with Gasteiger partial charge in [-0.1, -0.05) is 0 Å². The van der Waals surface area contributed by atoms with Crippen molar-refractivity contribution in [2.24, 2.45) is 0 Å². The minimum atomic E-state index is -1.00. The predicted molar refractivity (Wildman–Crippen MR) is 53.3 cm³/mol. The zero-order valence-corrected chi connectivity index (χ0v) is 8.15. The van der Waals surface area contributed by atoms with E-state index in [0.717, 1.165) is 5.75 Å². The van der Waals surface area contributed by atoms with E-state index in [4.69, 9.17) is 9.84 Å². The van der Waals surface area contributed by atoms with Crippen LogP contribution in [-0.2, 0) is 4.79 Å². The Labute approximate surface area is 82.5 Å². The van der Waals surface area contributed by atoms with Crippen LogP contribution >= 0.6 is 0 Å². The SMILES string of the molecule is COc1ccc(NC(=O)[C@@H](C)O)cc1. The van der Waals surface area contributed by atoms with E-state index in [-0.39, 0.29) is 0 Å². The van der Waals surface area contributed by atoms with Crippen LogP contribution in [0.3, 0.4) is 0 Å². The molecule has 0 bridgehead atoms. The minimum absolute atomic E-state index is 0.421. The van der Waals surface area contributed by atoms with Gasteiger partial charge in [0.25, 0.3) is 5.91 Å². The maximum atomic E-state index is 11.1. The first kappa shape index (κ1) is 10.5. The summed E-state index contributed by atoms with van der Waals surface area (Å²) in [6.45, 7) is 1.42. The maximum Gasteiger partial charge on any atom is 0.252 e. The zero-order chi connectivity index (χ0) is 10.6. The smallest absolute Gasteiger partial charge is 0.252 e. The number of ether oxygens (including phenoxy) is 1. The van der Waals surface area contributed by atoms with E-state index in [2.05, 4.69) is 5.32 Å². The molecule has 14 heavy (non-hydrogen) atoms. The summed E-state index contributed by atoms with van der Waals surface area (Å²) < 4.78 is 4.96. The van der Waals surface area contributed by atoms with Gasteiger partial charge in [-0.15, -0.1) is 0 Å². The summed E-state index contributed by atoms with van der Waals surface area (Å²) in [6, 6.07) is 6.88. The third kappa shape index (κ3) is 2.74. The molecule has 1 aromatic carbocycles. The number of carbonyl (C=O) groups is 1. The molecule has 76 valence electrons. The third-order valence-corrected chi connectivity index (χ3v) is 1.74. The summed E-state index contributed by atoms with van der Waals surface area (Å²) in [4.78, 5) is 11.1. The fraction of sp³-hybridized carbons (Fsp3) is 0.300. The number of hydrogen-bond acceptors (Lipinski definition) is 3. The lowest BCUT2D eigenvalue weighted by Crippen LogP contribution is -2.24. The highest BCUT2D eigenvalue weighted by atomic mass is 16.5. The van der Waals surface area contributed by atoms with Crippen LogP contribution in [0, 0.1) is 0 Å². The van der Waals surface area contributed by atoms with Crippen LogP contribution in [0.15, 0.2) is 24.3 Å². The number of aliphatic hydroxyl groups excluding tert-OH is 1. The third-order valence-electron chi connectivity index (χ3n) is 1.74. The van der Waals surface area contributed by atoms with Gasteiger partial charge >= 0.3 is 0 Å².